The van der Waals surface area contributed by atoms with Crippen LogP contribution in [0.15, 0.2) is 6.33 Å². The lowest BCUT2D eigenvalue weighted by atomic mass is 9.63. The fourth-order valence-corrected chi connectivity index (χ4v) is 3.39. The molecule has 0 N–H and O–H groups in total. The molecule has 21 heavy (non-hydrogen) atoms. The van der Waals surface area contributed by atoms with Crippen LogP contribution in [0.1, 0.15) is 32.6 Å². The van der Waals surface area contributed by atoms with Gasteiger partial charge in [0.25, 0.3) is 0 Å². The summed E-state index contributed by atoms with van der Waals surface area (Å²) in [6.45, 7) is 4.78. The third-order valence-electron chi connectivity index (χ3n) is 4.50. The molecule has 0 unspecified atom stereocenters. The van der Waals surface area contributed by atoms with Crippen molar-refractivity contribution in [1.29, 1.82) is 0 Å². The van der Waals surface area contributed by atoms with E-state index in [-0.39, 0.29) is 5.41 Å². The standard InChI is InChI=1S/C14H18N6O/c1-2-3-4-20-13-11(17-18-20)12(15-9-16-13)19-7-14(8-19)5-10(21)6-14/h9H,2-8H2,1H3. The largest absolute Gasteiger partial charge is 0.353 e. The normalized spacial score (nSPS) is 19.9. The number of aryl methyl sites for hydroxylation is 1. The van der Waals surface area contributed by atoms with Crippen LogP contribution in [-0.4, -0.2) is 43.8 Å². The number of anilines is 1. The van der Waals surface area contributed by atoms with Crippen molar-refractivity contribution in [3.63, 3.8) is 0 Å². The minimum Gasteiger partial charge on any atom is -0.353 e. The van der Waals surface area contributed by atoms with Crippen molar-refractivity contribution in [3.05, 3.63) is 6.33 Å². The van der Waals surface area contributed by atoms with Crippen LogP contribution in [0.5, 0.6) is 0 Å². The van der Waals surface area contributed by atoms with Gasteiger partial charge in [-0.1, -0.05) is 18.6 Å². The van der Waals surface area contributed by atoms with Gasteiger partial charge in [0, 0.05) is 37.9 Å². The SMILES string of the molecule is CCCCn1nnc2c(N3CC4(CC(=O)C4)C3)ncnc21. The summed E-state index contributed by atoms with van der Waals surface area (Å²) in [5.74, 6) is 1.24. The van der Waals surface area contributed by atoms with Crippen molar-refractivity contribution in [3.8, 4) is 0 Å². The number of hydrogen-bond acceptors (Lipinski definition) is 6. The Bertz CT molecular complexity index is 693. The lowest BCUT2D eigenvalue weighted by molar-refractivity contribution is -0.134. The fourth-order valence-electron chi connectivity index (χ4n) is 3.39. The van der Waals surface area contributed by atoms with Gasteiger partial charge in [0.1, 0.15) is 12.1 Å². The van der Waals surface area contributed by atoms with Crippen LogP contribution < -0.4 is 4.90 Å². The van der Waals surface area contributed by atoms with Gasteiger partial charge in [-0.15, -0.1) is 5.10 Å². The number of carbonyl (C=O) groups excluding carboxylic acids is 1. The molecule has 1 saturated heterocycles. The quantitative estimate of drug-likeness (QED) is 0.840. The molecule has 2 aromatic rings. The van der Waals surface area contributed by atoms with E-state index in [0.29, 0.717) is 5.78 Å². The number of aromatic nitrogens is 5. The summed E-state index contributed by atoms with van der Waals surface area (Å²) in [7, 11) is 0. The van der Waals surface area contributed by atoms with Gasteiger partial charge in [0.2, 0.25) is 0 Å². The van der Waals surface area contributed by atoms with Crippen molar-refractivity contribution < 1.29 is 4.79 Å². The molecule has 0 aromatic carbocycles. The Labute approximate surface area is 122 Å². The summed E-state index contributed by atoms with van der Waals surface area (Å²) >= 11 is 0. The molecule has 4 rings (SSSR count). The number of Topliss-reactive ketones (excluding diaryl/α,β-unsaturated/α-hetero) is 1. The van der Waals surface area contributed by atoms with Gasteiger partial charge in [0.05, 0.1) is 0 Å². The van der Waals surface area contributed by atoms with E-state index >= 15 is 0 Å². The van der Waals surface area contributed by atoms with Gasteiger partial charge in [0.15, 0.2) is 17.0 Å². The number of unbranched alkanes of at least 4 members (excludes halogenated alkanes) is 1. The van der Waals surface area contributed by atoms with Crippen LogP contribution in [0, 0.1) is 5.41 Å². The topological polar surface area (TPSA) is 76.8 Å². The second-order valence-electron chi connectivity index (χ2n) is 6.28. The molecule has 1 aliphatic heterocycles. The zero-order valence-electron chi connectivity index (χ0n) is 12.1. The summed E-state index contributed by atoms with van der Waals surface area (Å²) < 4.78 is 1.85. The van der Waals surface area contributed by atoms with E-state index in [9.17, 15) is 4.79 Å². The van der Waals surface area contributed by atoms with E-state index in [0.717, 1.165) is 62.3 Å². The van der Waals surface area contributed by atoms with E-state index in [1.54, 1.807) is 6.33 Å². The highest BCUT2D eigenvalue weighted by Crippen LogP contribution is 2.47. The molecule has 0 bridgehead atoms. The molecule has 2 fully saturated rings. The van der Waals surface area contributed by atoms with Crippen molar-refractivity contribution >= 4 is 22.8 Å². The van der Waals surface area contributed by atoms with E-state index < -0.39 is 0 Å². The van der Waals surface area contributed by atoms with E-state index in [1.165, 1.54) is 0 Å². The smallest absolute Gasteiger partial charge is 0.183 e. The molecule has 7 nitrogen and oxygen atoms in total. The molecule has 3 heterocycles. The molecule has 0 amide bonds. The van der Waals surface area contributed by atoms with E-state index in [4.69, 9.17) is 0 Å². The number of fused-ring (bicyclic) bond motifs is 1. The summed E-state index contributed by atoms with van der Waals surface area (Å²) in [4.78, 5) is 22.1. The first-order valence-electron chi connectivity index (χ1n) is 7.52. The predicted octanol–water partition coefficient (Wildman–Crippen LogP) is 1.19. The Morgan fingerprint density at radius 1 is 1.29 bits per heavy atom. The monoisotopic (exact) mass is 286 g/mol. The molecular formula is C14H18N6O. The predicted molar refractivity (Wildman–Crippen MR) is 76.9 cm³/mol. The highest BCUT2D eigenvalue weighted by atomic mass is 16.1. The summed E-state index contributed by atoms with van der Waals surface area (Å²) in [5, 5.41) is 8.46. The lowest BCUT2D eigenvalue weighted by Gasteiger charge is -2.55. The highest BCUT2D eigenvalue weighted by molar-refractivity contribution is 5.89. The maximum Gasteiger partial charge on any atom is 0.183 e. The molecule has 110 valence electrons. The minimum absolute atomic E-state index is 0.215. The van der Waals surface area contributed by atoms with Gasteiger partial charge in [-0.2, -0.15) is 0 Å². The van der Waals surface area contributed by atoms with Gasteiger partial charge < -0.3 is 4.90 Å². The van der Waals surface area contributed by atoms with Gasteiger partial charge in [-0.25, -0.2) is 14.6 Å². The number of carbonyl (C=O) groups is 1. The number of hydrogen-bond donors (Lipinski definition) is 0. The average Bonchev–Trinajstić information content (AvgIpc) is 2.82. The second kappa shape index (κ2) is 4.47. The van der Waals surface area contributed by atoms with Crippen LogP contribution in [0.2, 0.25) is 0 Å². The van der Waals surface area contributed by atoms with Gasteiger partial charge >= 0.3 is 0 Å². The average molecular weight is 286 g/mol. The van der Waals surface area contributed by atoms with Gasteiger partial charge in [-0.05, 0) is 6.42 Å². The zero-order chi connectivity index (χ0) is 14.4. The number of nitrogens with zero attached hydrogens (tertiary/aromatic N) is 6. The molecule has 7 heteroatoms. The molecule has 1 spiro atoms. The first kappa shape index (κ1) is 12.7. The first-order chi connectivity index (χ1) is 10.2. The Morgan fingerprint density at radius 3 is 2.81 bits per heavy atom. The summed E-state index contributed by atoms with van der Waals surface area (Å²) in [6.07, 6.45) is 5.21. The van der Waals surface area contributed by atoms with Crippen molar-refractivity contribution in [2.75, 3.05) is 18.0 Å². The highest BCUT2D eigenvalue weighted by Gasteiger charge is 2.52. The number of rotatable bonds is 4. The van der Waals surface area contributed by atoms with Crippen molar-refractivity contribution in [2.24, 2.45) is 5.41 Å². The third-order valence-corrected chi connectivity index (χ3v) is 4.50. The Morgan fingerprint density at radius 2 is 2.10 bits per heavy atom. The third kappa shape index (κ3) is 1.91. The van der Waals surface area contributed by atoms with Crippen LogP contribution in [0.25, 0.3) is 11.2 Å². The zero-order valence-corrected chi connectivity index (χ0v) is 12.1. The molecule has 1 aliphatic carbocycles. The van der Waals surface area contributed by atoms with Crippen LogP contribution in [0.3, 0.4) is 0 Å². The van der Waals surface area contributed by atoms with Crippen LogP contribution in [-0.2, 0) is 11.3 Å². The molecule has 2 aromatic heterocycles. The maximum atomic E-state index is 11.2. The fraction of sp³-hybridized carbons (Fsp3) is 0.643. The molecule has 0 atom stereocenters. The minimum atomic E-state index is 0.215. The molecule has 1 saturated carbocycles. The summed E-state index contributed by atoms with van der Waals surface area (Å²) in [5.41, 5.74) is 1.79. The second-order valence-corrected chi connectivity index (χ2v) is 6.28. The van der Waals surface area contributed by atoms with E-state index in [1.807, 2.05) is 4.68 Å². The Kier molecular flexibility index (Phi) is 2.70. The van der Waals surface area contributed by atoms with Crippen molar-refractivity contribution in [2.45, 2.75) is 39.2 Å². The van der Waals surface area contributed by atoms with Crippen molar-refractivity contribution in [1.82, 2.24) is 25.0 Å². The van der Waals surface area contributed by atoms with Crippen LogP contribution >= 0.6 is 0 Å². The van der Waals surface area contributed by atoms with Gasteiger partial charge in [-0.3, -0.25) is 4.79 Å². The first-order valence-corrected chi connectivity index (χ1v) is 7.52. The Balaban J connectivity index is 1.59. The summed E-state index contributed by atoms with van der Waals surface area (Å²) in [6, 6.07) is 0. The van der Waals surface area contributed by atoms with Crippen LogP contribution in [0.4, 0.5) is 5.82 Å². The van der Waals surface area contributed by atoms with E-state index in [2.05, 4.69) is 32.1 Å². The maximum absolute atomic E-state index is 11.2. The Hall–Kier alpha value is -2.05. The molecule has 0 radical (unpaired) electrons. The molecule has 2 aliphatic rings. The lowest BCUT2D eigenvalue weighted by Crippen LogP contribution is -2.63. The number of ketones is 1. The molecular weight excluding hydrogens is 268 g/mol.